The van der Waals surface area contributed by atoms with Crippen molar-refractivity contribution in [1.29, 1.82) is 0 Å². The van der Waals surface area contributed by atoms with E-state index >= 15 is 0 Å². The molecule has 7 rings (SSSR count). The Labute approximate surface area is 233 Å². The Morgan fingerprint density at radius 1 is 1.00 bits per heavy atom. The molecule has 4 heterocycles. The number of rotatable bonds is 4. The Balaban J connectivity index is 1.30. The lowest BCUT2D eigenvalue weighted by Crippen LogP contribution is -2.67. The Morgan fingerprint density at radius 3 is 2.67 bits per heavy atom. The van der Waals surface area contributed by atoms with Crippen LogP contribution in [0.4, 0.5) is 5.69 Å². The van der Waals surface area contributed by atoms with E-state index in [1.165, 1.54) is 0 Å². The van der Waals surface area contributed by atoms with Gasteiger partial charge in [0.25, 0.3) is 5.56 Å². The molecule has 2 aromatic heterocycles. The van der Waals surface area contributed by atoms with Crippen LogP contribution in [0.1, 0.15) is 0 Å². The second kappa shape index (κ2) is 9.48. The average Bonchev–Trinajstić information content (AvgIpc) is 2.96. The molecule has 0 radical (unpaired) electrons. The predicted molar refractivity (Wildman–Crippen MR) is 154 cm³/mol. The zero-order valence-corrected chi connectivity index (χ0v) is 22.4. The fourth-order valence-corrected chi connectivity index (χ4v) is 5.83. The van der Waals surface area contributed by atoms with Crippen LogP contribution in [-0.2, 0) is 9.47 Å². The molecule has 2 saturated heterocycles. The molecule has 10 heteroatoms. The Morgan fingerprint density at radius 2 is 1.88 bits per heavy atom. The first-order valence-electron chi connectivity index (χ1n) is 12.9. The van der Waals surface area contributed by atoms with Gasteiger partial charge in [0.1, 0.15) is 11.4 Å². The third-order valence-electron chi connectivity index (χ3n) is 7.67. The zero-order chi connectivity index (χ0) is 27.4. The monoisotopic (exact) mass is 556 g/mol. The van der Waals surface area contributed by atoms with Gasteiger partial charge in [0.15, 0.2) is 0 Å². The molecule has 0 atom stereocenters. The molecule has 2 aliphatic heterocycles. The number of halogens is 1. The standard InChI is InChI=1S/C30H25ClN4O5/c1-38-21-5-7-25(31)23(12-21)18-3-6-22-26(10-18)33-29(37)35(28(22)36)27-14-32-13-19-2-4-20(11-24(19)27)34-15-30(16-34)17-39-8-9-40-30/h2-7,10-14H,8-9,15-17H2,1H3,(H,33,37). The number of aromatic nitrogens is 3. The van der Waals surface area contributed by atoms with Crippen molar-refractivity contribution in [2.24, 2.45) is 0 Å². The number of anilines is 1. The first-order chi connectivity index (χ1) is 19.4. The van der Waals surface area contributed by atoms with Gasteiger partial charge < -0.3 is 24.1 Å². The van der Waals surface area contributed by atoms with Gasteiger partial charge in [0.05, 0.1) is 62.8 Å². The summed E-state index contributed by atoms with van der Waals surface area (Å²) < 4.78 is 18.1. The lowest BCUT2D eigenvalue weighted by Gasteiger charge is -2.52. The van der Waals surface area contributed by atoms with Crippen molar-refractivity contribution in [2.45, 2.75) is 5.60 Å². The van der Waals surface area contributed by atoms with Crippen LogP contribution in [0.3, 0.4) is 0 Å². The number of nitrogens with one attached hydrogen (secondary N) is 1. The number of pyridine rings is 1. The van der Waals surface area contributed by atoms with Crippen LogP contribution in [-0.4, -0.2) is 60.2 Å². The SMILES string of the molecule is COc1ccc(Cl)c(-c2ccc3c(=O)n(-c4cncc5ccc(N6CC7(COCCO7)C6)cc45)c(=O)[nH]c3c2)c1. The summed E-state index contributed by atoms with van der Waals surface area (Å²) in [5, 5.41) is 2.47. The molecule has 0 amide bonds. The minimum atomic E-state index is -0.554. The number of methoxy groups -OCH3 is 1. The summed E-state index contributed by atoms with van der Waals surface area (Å²) in [7, 11) is 1.58. The van der Waals surface area contributed by atoms with Crippen LogP contribution in [0.2, 0.25) is 5.02 Å². The Bertz CT molecular complexity index is 1900. The van der Waals surface area contributed by atoms with Crippen LogP contribution in [0, 0.1) is 0 Å². The number of hydrogen-bond donors (Lipinski definition) is 1. The van der Waals surface area contributed by atoms with Gasteiger partial charge in [-0.25, -0.2) is 9.36 Å². The van der Waals surface area contributed by atoms with Crippen molar-refractivity contribution in [1.82, 2.24) is 14.5 Å². The molecule has 2 aliphatic rings. The van der Waals surface area contributed by atoms with Crippen molar-refractivity contribution in [3.05, 3.63) is 92.9 Å². The summed E-state index contributed by atoms with van der Waals surface area (Å²) in [5.41, 5.74) is 2.03. The van der Waals surface area contributed by atoms with Crippen molar-refractivity contribution in [3.8, 4) is 22.6 Å². The number of H-pyrrole nitrogens is 1. The maximum atomic E-state index is 13.7. The summed E-state index contributed by atoms with van der Waals surface area (Å²) in [6.07, 6.45) is 3.28. The molecule has 1 N–H and O–H groups in total. The van der Waals surface area contributed by atoms with Crippen LogP contribution in [0.25, 0.3) is 38.5 Å². The van der Waals surface area contributed by atoms with Gasteiger partial charge in [0, 0.05) is 33.2 Å². The van der Waals surface area contributed by atoms with Crippen LogP contribution < -0.4 is 20.9 Å². The van der Waals surface area contributed by atoms with Gasteiger partial charge in [-0.3, -0.25) is 9.78 Å². The van der Waals surface area contributed by atoms with Crippen molar-refractivity contribution < 1.29 is 14.2 Å². The fraction of sp³-hybridized carbons (Fsp3) is 0.233. The highest BCUT2D eigenvalue weighted by Crippen LogP contribution is 2.35. The quantitative estimate of drug-likeness (QED) is 0.355. The average molecular weight is 557 g/mol. The Hall–Kier alpha value is -4.18. The second-order valence-corrected chi connectivity index (χ2v) is 10.6. The molecule has 40 heavy (non-hydrogen) atoms. The lowest BCUT2D eigenvalue weighted by molar-refractivity contribution is -0.167. The summed E-state index contributed by atoms with van der Waals surface area (Å²) in [6, 6.07) is 16.6. The van der Waals surface area contributed by atoms with E-state index in [0.29, 0.717) is 47.2 Å². The predicted octanol–water partition coefficient (Wildman–Crippen LogP) is 4.16. The maximum Gasteiger partial charge on any atom is 0.333 e. The molecule has 0 bridgehead atoms. The third-order valence-corrected chi connectivity index (χ3v) is 8.00. The minimum Gasteiger partial charge on any atom is -0.497 e. The first-order valence-corrected chi connectivity index (χ1v) is 13.3. The van der Waals surface area contributed by atoms with E-state index in [1.807, 2.05) is 30.3 Å². The van der Waals surface area contributed by atoms with Crippen molar-refractivity contribution in [2.75, 3.05) is 44.9 Å². The van der Waals surface area contributed by atoms with Gasteiger partial charge in [-0.1, -0.05) is 23.7 Å². The summed E-state index contributed by atoms with van der Waals surface area (Å²) in [5.74, 6) is 0.652. The molecule has 0 saturated carbocycles. The highest BCUT2D eigenvalue weighted by Gasteiger charge is 2.46. The molecule has 5 aromatic rings. The molecular weight excluding hydrogens is 532 g/mol. The van der Waals surface area contributed by atoms with E-state index in [9.17, 15) is 9.59 Å². The third kappa shape index (κ3) is 4.05. The molecule has 1 spiro atoms. The topological polar surface area (TPSA) is 98.7 Å². The maximum absolute atomic E-state index is 13.7. The fourth-order valence-electron chi connectivity index (χ4n) is 5.60. The van der Waals surface area contributed by atoms with E-state index in [4.69, 9.17) is 25.8 Å². The number of fused-ring (bicyclic) bond motifs is 2. The highest BCUT2D eigenvalue weighted by molar-refractivity contribution is 6.33. The normalized spacial score (nSPS) is 16.4. The summed E-state index contributed by atoms with van der Waals surface area (Å²) in [4.78, 5) is 36.5. The van der Waals surface area contributed by atoms with Gasteiger partial charge in [0.2, 0.25) is 0 Å². The van der Waals surface area contributed by atoms with Gasteiger partial charge in [-0.05, 0) is 48.0 Å². The molecule has 0 unspecified atom stereocenters. The molecular formula is C30H25ClN4O5. The number of benzene rings is 3. The van der Waals surface area contributed by atoms with Crippen molar-refractivity contribution in [3.63, 3.8) is 0 Å². The molecule has 3 aromatic carbocycles. The number of aromatic amines is 1. The second-order valence-electron chi connectivity index (χ2n) is 10.2. The molecule has 0 aliphatic carbocycles. The van der Waals surface area contributed by atoms with Crippen molar-refractivity contribution >= 4 is 39.0 Å². The van der Waals surface area contributed by atoms with Crippen LogP contribution in [0.15, 0.2) is 76.6 Å². The highest BCUT2D eigenvalue weighted by atomic mass is 35.5. The van der Waals surface area contributed by atoms with Gasteiger partial charge in [-0.15, -0.1) is 0 Å². The van der Waals surface area contributed by atoms with E-state index in [-0.39, 0.29) is 5.60 Å². The molecule has 202 valence electrons. The summed E-state index contributed by atoms with van der Waals surface area (Å²) >= 11 is 6.44. The van der Waals surface area contributed by atoms with E-state index in [2.05, 4.69) is 14.9 Å². The number of nitrogens with zero attached hydrogens (tertiary/aromatic N) is 3. The van der Waals surface area contributed by atoms with Crippen LogP contribution >= 0.6 is 11.6 Å². The number of hydrogen-bond acceptors (Lipinski definition) is 7. The minimum absolute atomic E-state index is 0.269. The smallest absolute Gasteiger partial charge is 0.333 e. The molecule has 9 nitrogen and oxygen atoms in total. The van der Waals surface area contributed by atoms with Gasteiger partial charge in [-0.2, -0.15) is 0 Å². The van der Waals surface area contributed by atoms with E-state index < -0.39 is 11.2 Å². The van der Waals surface area contributed by atoms with E-state index in [1.54, 1.807) is 43.8 Å². The summed E-state index contributed by atoms with van der Waals surface area (Å²) in [6.45, 7) is 3.24. The molecule has 2 fully saturated rings. The lowest BCUT2D eigenvalue weighted by atomic mass is 9.93. The van der Waals surface area contributed by atoms with E-state index in [0.717, 1.165) is 45.2 Å². The number of ether oxygens (including phenoxy) is 3. The first kappa shape index (κ1) is 24.8. The largest absolute Gasteiger partial charge is 0.497 e. The zero-order valence-electron chi connectivity index (χ0n) is 21.6. The van der Waals surface area contributed by atoms with Crippen LogP contribution in [0.5, 0.6) is 5.75 Å². The Kier molecular flexibility index (Phi) is 5.88. The van der Waals surface area contributed by atoms with Gasteiger partial charge >= 0.3 is 5.69 Å².